The maximum Gasteiger partial charge on any atom is 0.222 e. The number of hydrogen-bond acceptors (Lipinski definition) is 3. The molecule has 0 radical (unpaired) electrons. The van der Waals surface area contributed by atoms with Gasteiger partial charge in [0.25, 0.3) is 0 Å². The Bertz CT molecular complexity index is 422. The van der Waals surface area contributed by atoms with Crippen molar-refractivity contribution in [2.75, 3.05) is 23.7 Å². The van der Waals surface area contributed by atoms with Crippen LogP contribution in [0.1, 0.15) is 6.42 Å². The molecule has 1 amide bonds. The highest BCUT2D eigenvalue weighted by Crippen LogP contribution is 2.29. The molecule has 1 unspecified atom stereocenters. The molecular weight excluding hydrogens is 317 g/mol. The van der Waals surface area contributed by atoms with Gasteiger partial charge in [0, 0.05) is 16.7 Å². The van der Waals surface area contributed by atoms with E-state index in [4.69, 9.17) is 11.5 Å². The van der Waals surface area contributed by atoms with Crippen molar-refractivity contribution in [2.24, 2.45) is 11.7 Å². The molecule has 0 spiro atoms. The fraction of sp³-hybridized carbons (Fsp3) is 0.364. The number of nitrogen functional groups attached to an aromatic ring is 1. The summed E-state index contributed by atoms with van der Waals surface area (Å²) in [6.45, 7) is 1.53. The number of halogens is 1. The van der Waals surface area contributed by atoms with Gasteiger partial charge >= 0.3 is 0 Å². The summed E-state index contributed by atoms with van der Waals surface area (Å²) in [5.74, 6) is -0.259. The first-order valence-corrected chi connectivity index (χ1v) is 6.25. The van der Waals surface area contributed by atoms with Crippen LogP contribution in [0.15, 0.2) is 18.2 Å². The molecular formula is C11H14IN3O. The predicted molar refractivity (Wildman–Crippen MR) is 73.1 cm³/mol. The van der Waals surface area contributed by atoms with Gasteiger partial charge in [-0.15, -0.1) is 0 Å². The smallest absolute Gasteiger partial charge is 0.222 e. The first-order chi connectivity index (χ1) is 7.58. The lowest BCUT2D eigenvalue weighted by atomic mass is 10.1. The predicted octanol–water partition coefficient (Wildman–Crippen LogP) is 1.18. The molecule has 5 heteroatoms. The topological polar surface area (TPSA) is 72.4 Å². The van der Waals surface area contributed by atoms with Crippen molar-refractivity contribution >= 4 is 39.9 Å². The van der Waals surface area contributed by atoms with Crippen LogP contribution in [-0.2, 0) is 4.79 Å². The Morgan fingerprint density at radius 1 is 1.50 bits per heavy atom. The van der Waals surface area contributed by atoms with Gasteiger partial charge in [-0.05, 0) is 47.2 Å². The number of nitrogens with two attached hydrogens (primary N) is 2. The zero-order chi connectivity index (χ0) is 11.7. The lowest BCUT2D eigenvalue weighted by Crippen LogP contribution is -2.27. The lowest BCUT2D eigenvalue weighted by molar-refractivity contribution is -0.121. The first-order valence-electron chi connectivity index (χ1n) is 5.17. The van der Waals surface area contributed by atoms with Gasteiger partial charge < -0.3 is 16.4 Å². The van der Waals surface area contributed by atoms with Gasteiger partial charge in [-0.3, -0.25) is 4.79 Å². The second-order valence-corrected chi connectivity index (χ2v) is 5.28. The minimum atomic E-state index is -0.216. The number of benzene rings is 1. The van der Waals surface area contributed by atoms with E-state index in [1.54, 1.807) is 0 Å². The average molecular weight is 331 g/mol. The Morgan fingerprint density at radius 2 is 2.25 bits per heavy atom. The molecule has 4 nitrogen and oxygen atoms in total. The summed E-state index contributed by atoms with van der Waals surface area (Å²) in [5, 5.41) is 0. The Labute approximate surface area is 108 Å². The number of amides is 1. The van der Waals surface area contributed by atoms with Crippen LogP contribution in [0.3, 0.4) is 0 Å². The summed E-state index contributed by atoms with van der Waals surface area (Å²) in [6.07, 6.45) is 0.820. The van der Waals surface area contributed by atoms with Crippen molar-refractivity contribution in [1.29, 1.82) is 0 Å². The zero-order valence-corrected chi connectivity index (χ0v) is 11.0. The van der Waals surface area contributed by atoms with Crippen LogP contribution in [0.25, 0.3) is 0 Å². The lowest BCUT2D eigenvalue weighted by Gasteiger charge is -2.20. The Balaban J connectivity index is 2.17. The molecule has 1 atom stereocenters. The highest BCUT2D eigenvalue weighted by molar-refractivity contribution is 14.1. The standard InChI is InChI=1S/C11H14IN3O/c12-8-1-2-10(9(13)5-8)15-4-3-7(6-15)11(14)16/h1-2,5,7H,3-4,6,13H2,(H2,14,16). The molecule has 1 heterocycles. The summed E-state index contributed by atoms with van der Waals surface area (Å²) in [5.41, 5.74) is 13.0. The van der Waals surface area contributed by atoms with Gasteiger partial charge in [0.2, 0.25) is 5.91 Å². The SMILES string of the molecule is NC(=O)C1CCN(c2ccc(I)cc2N)C1. The van der Waals surface area contributed by atoms with Crippen LogP contribution in [0.2, 0.25) is 0 Å². The van der Waals surface area contributed by atoms with Gasteiger partial charge in [-0.2, -0.15) is 0 Å². The van der Waals surface area contributed by atoms with Crippen LogP contribution in [-0.4, -0.2) is 19.0 Å². The molecule has 1 aliphatic rings. The molecule has 1 aliphatic heterocycles. The number of carbonyl (C=O) groups is 1. The van der Waals surface area contributed by atoms with Crippen LogP contribution < -0.4 is 16.4 Å². The van der Waals surface area contributed by atoms with Crippen molar-refractivity contribution in [3.8, 4) is 0 Å². The van der Waals surface area contributed by atoms with Gasteiger partial charge in [0.15, 0.2) is 0 Å². The third kappa shape index (κ3) is 2.23. The Kier molecular flexibility index (Phi) is 3.22. The molecule has 0 aliphatic carbocycles. The van der Waals surface area contributed by atoms with Crippen molar-refractivity contribution in [2.45, 2.75) is 6.42 Å². The fourth-order valence-corrected chi connectivity index (χ4v) is 2.54. The molecule has 1 fully saturated rings. The molecule has 4 N–H and O–H groups in total. The van der Waals surface area contributed by atoms with Crippen LogP contribution in [0.4, 0.5) is 11.4 Å². The van der Waals surface area contributed by atoms with E-state index in [1.807, 2.05) is 18.2 Å². The average Bonchev–Trinajstić information content (AvgIpc) is 2.66. The third-order valence-electron chi connectivity index (χ3n) is 2.92. The van der Waals surface area contributed by atoms with Gasteiger partial charge in [0.05, 0.1) is 17.3 Å². The summed E-state index contributed by atoms with van der Waals surface area (Å²) < 4.78 is 1.12. The van der Waals surface area contributed by atoms with Crippen molar-refractivity contribution in [3.05, 3.63) is 21.8 Å². The second-order valence-electron chi connectivity index (χ2n) is 4.04. The number of nitrogens with zero attached hydrogens (tertiary/aromatic N) is 1. The normalized spacial score (nSPS) is 20.1. The second kappa shape index (κ2) is 4.48. The number of anilines is 2. The van der Waals surface area contributed by atoms with Gasteiger partial charge in [-0.1, -0.05) is 0 Å². The zero-order valence-electron chi connectivity index (χ0n) is 8.82. The highest BCUT2D eigenvalue weighted by Gasteiger charge is 2.27. The monoisotopic (exact) mass is 331 g/mol. The van der Waals surface area contributed by atoms with E-state index in [9.17, 15) is 4.79 Å². The van der Waals surface area contributed by atoms with Crippen molar-refractivity contribution in [3.63, 3.8) is 0 Å². The van der Waals surface area contributed by atoms with Crippen LogP contribution >= 0.6 is 22.6 Å². The number of primary amides is 1. The Morgan fingerprint density at radius 3 is 2.81 bits per heavy atom. The van der Waals surface area contributed by atoms with Crippen molar-refractivity contribution < 1.29 is 4.79 Å². The van der Waals surface area contributed by atoms with E-state index in [0.717, 1.165) is 27.9 Å². The largest absolute Gasteiger partial charge is 0.397 e. The summed E-state index contributed by atoms with van der Waals surface area (Å²) in [6, 6.07) is 5.96. The molecule has 1 saturated heterocycles. The molecule has 16 heavy (non-hydrogen) atoms. The minimum Gasteiger partial charge on any atom is -0.397 e. The van der Waals surface area contributed by atoms with E-state index in [2.05, 4.69) is 27.5 Å². The quantitative estimate of drug-likeness (QED) is 0.632. The maximum atomic E-state index is 11.1. The van der Waals surface area contributed by atoms with Crippen LogP contribution in [0.5, 0.6) is 0 Å². The molecule has 0 aromatic heterocycles. The third-order valence-corrected chi connectivity index (χ3v) is 3.59. The van der Waals surface area contributed by atoms with E-state index in [-0.39, 0.29) is 11.8 Å². The fourth-order valence-electron chi connectivity index (χ4n) is 2.02. The summed E-state index contributed by atoms with van der Waals surface area (Å²) in [7, 11) is 0. The molecule has 0 saturated carbocycles. The molecule has 1 aromatic rings. The number of carbonyl (C=O) groups excluding carboxylic acids is 1. The van der Waals surface area contributed by atoms with E-state index >= 15 is 0 Å². The molecule has 86 valence electrons. The molecule has 0 bridgehead atoms. The van der Waals surface area contributed by atoms with Gasteiger partial charge in [0.1, 0.15) is 0 Å². The highest BCUT2D eigenvalue weighted by atomic mass is 127. The van der Waals surface area contributed by atoms with Crippen LogP contribution in [0, 0.1) is 9.49 Å². The number of rotatable bonds is 2. The molecule has 1 aromatic carbocycles. The van der Waals surface area contributed by atoms with E-state index in [1.165, 1.54) is 0 Å². The van der Waals surface area contributed by atoms with E-state index < -0.39 is 0 Å². The summed E-state index contributed by atoms with van der Waals surface area (Å²) >= 11 is 2.23. The minimum absolute atomic E-state index is 0.0429. The number of hydrogen-bond donors (Lipinski definition) is 2. The summed E-state index contributed by atoms with van der Waals surface area (Å²) in [4.78, 5) is 13.2. The first kappa shape index (κ1) is 11.5. The van der Waals surface area contributed by atoms with Gasteiger partial charge in [-0.25, -0.2) is 0 Å². The maximum absolute atomic E-state index is 11.1. The van der Waals surface area contributed by atoms with E-state index in [0.29, 0.717) is 6.54 Å². The Hall–Kier alpha value is -0.980. The van der Waals surface area contributed by atoms with Crippen molar-refractivity contribution in [1.82, 2.24) is 0 Å². The molecule has 2 rings (SSSR count).